The predicted octanol–water partition coefficient (Wildman–Crippen LogP) is 3.18. The maximum atomic E-state index is 9.33. The monoisotopic (exact) mass is 235 g/mol. The topological polar surface area (TPSA) is 59.9 Å². The molecule has 0 bridgehead atoms. The van der Waals surface area contributed by atoms with Gasteiger partial charge in [0, 0.05) is 11.6 Å². The van der Waals surface area contributed by atoms with Crippen LogP contribution >= 0.6 is 0 Å². The minimum atomic E-state index is -0.356. The zero-order valence-electron chi connectivity index (χ0n) is 10.4. The number of aliphatic imine (C=N–C) groups is 1. The summed E-state index contributed by atoms with van der Waals surface area (Å²) in [5.74, 6) is -0.551. The Kier molecular flexibility index (Phi) is 3.26. The second-order valence-corrected chi connectivity index (χ2v) is 4.36. The van der Waals surface area contributed by atoms with Gasteiger partial charge in [0.25, 0.3) is 0 Å². The first-order chi connectivity index (χ1) is 8.69. The van der Waals surface area contributed by atoms with Gasteiger partial charge in [-0.2, -0.15) is 10.5 Å². The molecule has 0 amide bonds. The van der Waals surface area contributed by atoms with Crippen LogP contribution in [0.1, 0.15) is 25.3 Å². The average molecular weight is 235 g/mol. The van der Waals surface area contributed by atoms with Gasteiger partial charge in [0.15, 0.2) is 0 Å². The summed E-state index contributed by atoms with van der Waals surface area (Å²) in [4.78, 5) is 4.31. The first-order valence-corrected chi connectivity index (χ1v) is 5.79. The number of allylic oxidation sites excluding steroid dienone is 2. The van der Waals surface area contributed by atoms with Crippen LogP contribution in [0.25, 0.3) is 0 Å². The van der Waals surface area contributed by atoms with Crippen LogP contribution in [0.4, 0.5) is 0 Å². The van der Waals surface area contributed by atoms with E-state index in [0.29, 0.717) is 5.57 Å². The van der Waals surface area contributed by atoms with E-state index in [2.05, 4.69) is 17.1 Å². The van der Waals surface area contributed by atoms with E-state index in [4.69, 9.17) is 0 Å². The quantitative estimate of drug-likeness (QED) is 0.750. The molecule has 3 nitrogen and oxygen atoms in total. The molecule has 1 aromatic rings. The van der Waals surface area contributed by atoms with Crippen molar-refractivity contribution in [3.8, 4) is 12.1 Å². The van der Waals surface area contributed by atoms with Crippen LogP contribution in [0.15, 0.2) is 46.6 Å². The molecule has 0 fully saturated rings. The number of benzene rings is 1. The SMILES string of the molecule is CC1=NC(C)=C(C#N)[C@@H](c2ccccc2)C1C#N. The minimum absolute atomic E-state index is 0.196. The summed E-state index contributed by atoms with van der Waals surface area (Å²) >= 11 is 0. The van der Waals surface area contributed by atoms with Crippen LogP contribution in [-0.2, 0) is 0 Å². The molecule has 2 rings (SSSR count). The molecule has 18 heavy (non-hydrogen) atoms. The second-order valence-electron chi connectivity index (χ2n) is 4.36. The Labute approximate surface area is 107 Å². The van der Waals surface area contributed by atoms with Crippen LogP contribution in [0.5, 0.6) is 0 Å². The molecule has 1 aliphatic rings. The van der Waals surface area contributed by atoms with Gasteiger partial charge in [0.1, 0.15) is 0 Å². The van der Waals surface area contributed by atoms with Gasteiger partial charge in [-0.3, -0.25) is 4.99 Å². The first-order valence-electron chi connectivity index (χ1n) is 5.79. The predicted molar refractivity (Wildman–Crippen MR) is 69.7 cm³/mol. The number of nitrogens with zero attached hydrogens (tertiary/aromatic N) is 3. The second kappa shape index (κ2) is 4.85. The van der Waals surface area contributed by atoms with Crippen molar-refractivity contribution in [3.05, 3.63) is 47.2 Å². The highest BCUT2D eigenvalue weighted by Gasteiger charge is 2.33. The maximum absolute atomic E-state index is 9.33. The molecule has 1 aliphatic heterocycles. The van der Waals surface area contributed by atoms with Gasteiger partial charge >= 0.3 is 0 Å². The van der Waals surface area contributed by atoms with Crippen LogP contribution in [0, 0.1) is 28.6 Å². The van der Waals surface area contributed by atoms with Gasteiger partial charge in [-0.25, -0.2) is 0 Å². The molecule has 1 aromatic carbocycles. The maximum Gasteiger partial charge on any atom is 0.0973 e. The van der Waals surface area contributed by atoms with Crippen LogP contribution in [0.2, 0.25) is 0 Å². The molecule has 88 valence electrons. The zero-order valence-corrected chi connectivity index (χ0v) is 10.4. The minimum Gasteiger partial charge on any atom is -0.260 e. The highest BCUT2D eigenvalue weighted by molar-refractivity contribution is 5.90. The molecular formula is C15H13N3. The summed E-state index contributed by atoms with van der Waals surface area (Å²) in [7, 11) is 0. The van der Waals surface area contributed by atoms with Crippen molar-refractivity contribution in [2.24, 2.45) is 10.9 Å². The van der Waals surface area contributed by atoms with Crippen LogP contribution < -0.4 is 0 Å². The van der Waals surface area contributed by atoms with E-state index in [-0.39, 0.29) is 11.8 Å². The van der Waals surface area contributed by atoms with Crippen molar-refractivity contribution < 1.29 is 0 Å². The third kappa shape index (κ3) is 1.92. The zero-order chi connectivity index (χ0) is 13.1. The lowest BCUT2D eigenvalue weighted by Gasteiger charge is -2.26. The van der Waals surface area contributed by atoms with E-state index in [1.165, 1.54) is 0 Å². The lowest BCUT2D eigenvalue weighted by molar-refractivity contribution is 0.703. The molecule has 1 unspecified atom stereocenters. The van der Waals surface area contributed by atoms with Crippen molar-refractivity contribution in [1.29, 1.82) is 10.5 Å². The summed E-state index contributed by atoms with van der Waals surface area (Å²) in [5.41, 5.74) is 3.09. The van der Waals surface area contributed by atoms with E-state index >= 15 is 0 Å². The van der Waals surface area contributed by atoms with E-state index in [1.807, 2.05) is 44.2 Å². The normalized spacial score (nSPS) is 23.0. The fraction of sp³-hybridized carbons (Fsp3) is 0.267. The largest absolute Gasteiger partial charge is 0.260 e. The Morgan fingerprint density at radius 3 is 2.33 bits per heavy atom. The van der Waals surface area contributed by atoms with E-state index in [1.54, 1.807) is 0 Å². The summed E-state index contributed by atoms with van der Waals surface area (Å²) in [6.45, 7) is 3.67. The van der Waals surface area contributed by atoms with E-state index in [9.17, 15) is 10.5 Å². The van der Waals surface area contributed by atoms with Crippen molar-refractivity contribution in [2.45, 2.75) is 19.8 Å². The van der Waals surface area contributed by atoms with Crippen molar-refractivity contribution in [1.82, 2.24) is 0 Å². The third-order valence-electron chi connectivity index (χ3n) is 3.25. The van der Waals surface area contributed by atoms with Gasteiger partial charge in [-0.05, 0) is 19.4 Å². The summed E-state index contributed by atoms with van der Waals surface area (Å²) in [5, 5.41) is 18.6. The number of nitriles is 2. The van der Waals surface area contributed by atoms with Gasteiger partial charge < -0.3 is 0 Å². The van der Waals surface area contributed by atoms with Gasteiger partial charge in [-0.1, -0.05) is 30.3 Å². The molecule has 0 aliphatic carbocycles. The Morgan fingerprint density at radius 2 is 1.78 bits per heavy atom. The van der Waals surface area contributed by atoms with Crippen LogP contribution in [-0.4, -0.2) is 5.71 Å². The molecule has 0 spiro atoms. The first kappa shape index (κ1) is 12.1. The lowest BCUT2D eigenvalue weighted by atomic mass is 9.77. The summed E-state index contributed by atoms with van der Waals surface area (Å²) in [6, 6.07) is 14.2. The molecule has 0 radical (unpaired) electrons. The van der Waals surface area contributed by atoms with Gasteiger partial charge in [0.2, 0.25) is 0 Å². The Bertz CT molecular complexity index is 597. The standard InChI is InChI=1S/C15H13N3/c1-10-13(8-16)15(12-6-4-3-5-7-12)14(9-17)11(2)18-10/h3-7,13,15H,1-2H3/t13?,15-/m0/s1. The fourth-order valence-corrected chi connectivity index (χ4v) is 2.37. The highest BCUT2D eigenvalue weighted by atomic mass is 14.8. The number of rotatable bonds is 1. The van der Waals surface area contributed by atoms with Crippen molar-refractivity contribution in [3.63, 3.8) is 0 Å². The van der Waals surface area contributed by atoms with Gasteiger partial charge in [0.05, 0.1) is 29.3 Å². The van der Waals surface area contributed by atoms with E-state index < -0.39 is 0 Å². The molecular weight excluding hydrogens is 222 g/mol. The summed E-state index contributed by atoms with van der Waals surface area (Å²) in [6.07, 6.45) is 0. The molecule has 2 atom stereocenters. The molecule has 0 aromatic heterocycles. The van der Waals surface area contributed by atoms with Crippen molar-refractivity contribution >= 4 is 5.71 Å². The highest BCUT2D eigenvalue weighted by Crippen LogP contribution is 2.37. The van der Waals surface area contributed by atoms with Crippen LogP contribution in [0.3, 0.4) is 0 Å². The molecule has 0 saturated carbocycles. The summed E-state index contributed by atoms with van der Waals surface area (Å²) < 4.78 is 0. The Hall–Kier alpha value is -2.39. The fourth-order valence-electron chi connectivity index (χ4n) is 2.37. The molecule has 3 heteroatoms. The van der Waals surface area contributed by atoms with Gasteiger partial charge in [-0.15, -0.1) is 0 Å². The third-order valence-corrected chi connectivity index (χ3v) is 3.25. The number of hydrogen-bond donors (Lipinski definition) is 0. The smallest absolute Gasteiger partial charge is 0.0973 e. The Balaban J connectivity index is 2.60. The van der Waals surface area contributed by atoms with Crippen molar-refractivity contribution in [2.75, 3.05) is 0 Å². The lowest BCUT2D eigenvalue weighted by Crippen LogP contribution is -2.24. The molecule has 0 N–H and O–H groups in total. The molecule has 0 saturated heterocycles. The number of hydrogen-bond acceptors (Lipinski definition) is 3. The van der Waals surface area contributed by atoms with E-state index in [0.717, 1.165) is 17.0 Å². The Morgan fingerprint density at radius 1 is 1.11 bits per heavy atom. The average Bonchev–Trinajstić information content (AvgIpc) is 2.39. The molecule has 1 heterocycles.